The Hall–Kier alpha value is -3.76. The van der Waals surface area contributed by atoms with Crippen LogP contribution in [0.25, 0.3) is 11.4 Å². The van der Waals surface area contributed by atoms with Crippen molar-refractivity contribution in [2.24, 2.45) is 0 Å². The Morgan fingerprint density at radius 2 is 1.97 bits per heavy atom. The minimum absolute atomic E-state index is 0.182. The number of hydrogen-bond donors (Lipinski definition) is 2. The van der Waals surface area contributed by atoms with E-state index in [9.17, 15) is 4.79 Å². The number of fused-ring (bicyclic) bond motifs is 1. The van der Waals surface area contributed by atoms with Gasteiger partial charge in [-0.05, 0) is 57.2 Å². The molecular weight excluding hydrogens is 484 g/mol. The summed E-state index contributed by atoms with van der Waals surface area (Å²) in [5.41, 5.74) is 2.84. The van der Waals surface area contributed by atoms with Crippen LogP contribution in [-0.4, -0.2) is 59.9 Å². The van der Waals surface area contributed by atoms with E-state index in [4.69, 9.17) is 24.2 Å². The highest BCUT2D eigenvalue weighted by molar-refractivity contribution is 5.89. The second-order valence-corrected chi connectivity index (χ2v) is 9.68. The van der Waals surface area contributed by atoms with Crippen LogP contribution in [0.3, 0.4) is 0 Å². The van der Waals surface area contributed by atoms with Gasteiger partial charge in [-0.25, -0.2) is 14.8 Å². The molecule has 2 unspecified atom stereocenters. The monoisotopic (exact) mass is 518 g/mol. The quantitative estimate of drug-likeness (QED) is 0.458. The molecule has 4 heterocycles. The Balaban J connectivity index is 1.45. The van der Waals surface area contributed by atoms with Crippen LogP contribution in [0.4, 0.5) is 16.3 Å². The molecule has 0 saturated carbocycles. The van der Waals surface area contributed by atoms with Gasteiger partial charge in [0.15, 0.2) is 5.82 Å². The van der Waals surface area contributed by atoms with Crippen LogP contribution >= 0.6 is 0 Å². The van der Waals surface area contributed by atoms with Crippen LogP contribution in [0.1, 0.15) is 38.4 Å². The third-order valence-corrected chi connectivity index (χ3v) is 6.90. The predicted octanol–water partition coefficient (Wildman–Crippen LogP) is 4.12. The van der Waals surface area contributed by atoms with Crippen molar-refractivity contribution in [2.45, 2.75) is 45.4 Å². The first-order chi connectivity index (χ1) is 18.5. The van der Waals surface area contributed by atoms with Gasteiger partial charge < -0.3 is 29.7 Å². The third-order valence-electron chi connectivity index (χ3n) is 6.90. The number of rotatable bonds is 8. The molecular formula is C28H34N6O4. The molecule has 2 atom stereocenters. The zero-order chi connectivity index (χ0) is 26.5. The zero-order valence-corrected chi connectivity index (χ0v) is 22.1. The normalized spacial score (nSPS) is 20.6. The SMILES string of the molecule is CCNC(=O)Nc1ccc(-c2nc(N3CCOCC3C)c3c(n2)C(C)(CCOc2ccncc2)OC3)cc1. The van der Waals surface area contributed by atoms with Gasteiger partial charge in [0.05, 0.1) is 38.2 Å². The minimum atomic E-state index is -0.621. The Morgan fingerprint density at radius 1 is 1.18 bits per heavy atom. The summed E-state index contributed by atoms with van der Waals surface area (Å²) in [4.78, 5) is 28.3. The van der Waals surface area contributed by atoms with Crippen molar-refractivity contribution >= 4 is 17.5 Å². The van der Waals surface area contributed by atoms with Crippen LogP contribution in [0.2, 0.25) is 0 Å². The van der Waals surface area contributed by atoms with Crippen molar-refractivity contribution in [3.8, 4) is 17.1 Å². The lowest BCUT2D eigenvalue weighted by atomic mass is 9.96. The summed E-state index contributed by atoms with van der Waals surface area (Å²) in [6.07, 6.45) is 4.06. The first-order valence-electron chi connectivity index (χ1n) is 13.0. The molecule has 1 saturated heterocycles. The van der Waals surface area contributed by atoms with Crippen LogP contribution in [0, 0.1) is 0 Å². The van der Waals surface area contributed by atoms with Gasteiger partial charge in [-0.2, -0.15) is 0 Å². The van der Waals surface area contributed by atoms with E-state index in [0.29, 0.717) is 50.9 Å². The molecule has 2 amide bonds. The van der Waals surface area contributed by atoms with Gasteiger partial charge >= 0.3 is 6.03 Å². The highest BCUT2D eigenvalue weighted by atomic mass is 16.5. The lowest BCUT2D eigenvalue weighted by molar-refractivity contribution is -0.0391. The van der Waals surface area contributed by atoms with Crippen molar-refractivity contribution in [1.29, 1.82) is 0 Å². The van der Waals surface area contributed by atoms with E-state index in [1.807, 2.05) is 43.3 Å². The lowest BCUT2D eigenvalue weighted by Crippen LogP contribution is -2.44. The standard InChI is InChI=1S/C28H34N6O4/c1-4-30-27(35)31-21-7-5-20(6-8-21)25-32-24-23(26(33-25)34-14-16-36-17-19(34)2)18-38-28(24,3)11-15-37-22-9-12-29-13-10-22/h5-10,12-13,19H,4,11,14-18H2,1-3H3,(H2,30,31,35). The molecule has 2 aliphatic heterocycles. The van der Waals surface area contributed by atoms with E-state index in [1.54, 1.807) is 12.4 Å². The fourth-order valence-electron chi connectivity index (χ4n) is 4.78. The summed E-state index contributed by atoms with van der Waals surface area (Å²) in [6.45, 7) is 9.61. The molecule has 0 bridgehead atoms. The predicted molar refractivity (Wildman–Crippen MR) is 144 cm³/mol. The van der Waals surface area contributed by atoms with Gasteiger partial charge in [0.1, 0.15) is 17.2 Å². The summed E-state index contributed by atoms with van der Waals surface area (Å²) in [6, 6.07) is 11.2. The van der Waals surface area contributed by atoms with Gasteiger partial charge in [-0.3, -0.25) is 4.98 Å². The van der Waals surface area contributed by atoms with Crippen molar-refractivity contribution < 1.29 is 19.0 Å². The molecule has 2 aliphatic rings. The Labute approximate surface area is 222 Å². The number of amides is 2. The molecule has 10 nitrogen and oxygen atoms in total. The van der Waals surface area contributed by atoms with E-state index in [2.05, 4.69) is 34.4 Å². The van der Waals surface area contributed by atoms with Crippen LogP contribution in [-0.2, 0) is 21.7 Å². The number of nitrogens with one attached hydrogen (secondary N) is 2. The Bertz CT molecular complexity index is 1260. The topological polar surface area (TPSA) is 111 Å². The van der Waals surface area contributed by atoms with E-state index < -0.39 is 5.60 Å². The van der Waals surface area contributed by atoms with Crippen molar-refractivity contribution in [2.75, 3.05) is 43.1 Å². The number of pyridine rings is 1. The molecule has 0 aliphatic carbocycles. The molecule has 0 radical (unpaired) electrons. The number of anilines is 2. The first-order valence-corrected chi connectivity index (χ1v) is 13.0. The molecule has 5 rings (SSSR count). The van der Waals surface area contributed by atoms with E-state index in [0.717, 1.165) is 34.9 Å². The van der Waals surface area contributed by atoms with Crippen LogP contribution < -0.4 is 20.3 Å². The molecule has 2 N–H and O–H groups in total. The third kappa shape index (κ3) is 5.56. The first kappa shape index (κ1) is 25.9. The van der Waals surface area contributed by atoms with Gasteiger partial charge in [-0.15, -0.1) is 0 Å². The average molecular weight is 519 g/mol. The number of carbonyl (C=O) groups excluding carboxylic acids is 1. The van der Waals surface area contributed by atoms with Crippen LogP contribution in [0.5, 0.6) is 5.75 Å². The number of aromatic nitrogens is 3. The molecule has 2 aromatic heterocycles. The highest BCUT2D eigenvalue weighted by Gasteiger charge is 2.41. The Morgan fingerprint density at radius 3 is 2.71 bits per heavy atom. The number of benzene rings is 1. The molecule has 1 fully saturated rings. The summed E-state index contributed by atoms with van der Waals surface area (Å²) in [7, 11) is 0. The lowest BCUT2D eigenvalue weighted by Gasteiger charge is -2.35. The fraction of sp³-hybridized carbons (Fsp3) is 0.429. The summed E-state index contributed by atoms with van der Waals surface area (Å²) >= 11 is 0. The number of carbonyl (C=O) groups is 1. The molecule has 0 spiro atoms. The largest absolute Gasteiger partial charge is 0.493 e. The summed E-state index contributed by atoms with van der Waals surface area (Å²) < 4.78 is 18.0. The van der Waals surface area contributed by atoms with Crippen molar-refractivity contribution in [3.63, 3.8) is 0 Å². The maximum absolute atomic E-state index is 11.9. The number of morpholine rings is 1. The van der Waals surface area contributed by atoms with Gasteiger partial charge in [0.25, 0.3) is 0 Å². The fourth-order valence-corrected chi connectivity index (χ4v) is 4.78. The number of ether oxygens (including phenoxy) is 3. The molecule has 38 heavy (non-hydrogen) atoms. The van der Waals surface area contributed by atoms with E-state index in [1.165, 1.54) is 0 Å². The maximum Gasteiger partial charge on any atom is 0.319 e. The van der Waals surface area contributed by atoms with Crippen molar-refractivity contribution in [1.82, 2.24) is 20.3 Å². The summed E-state index contributed by atoms with van der Waals surface area (Å²) in [5, 5.41) is 5.57. The number of urea groups is 1. The molecule has 200 valence electrons. The Kier molecular flexibility index (Phi) is 7.71. The second kappa shape index (κ2) is 11.3. The molecule has 3 aromatic rings. The van der Waals surface area contributed by atoms with E-state index >= 15 is 0 Å². The molecule has 10 heteroatoms. The van der Waals surface area contributed by atoms with Gasteiger partial charge in [0, 0.05) is 48.7 Å². The zero-order valence-electron chi connectivity index (χ0n) is 22.1. The minimum Gasteiger partial charge on any atom is -0.493 e. The maximum atomic E-state index is 11.9. The average Bonchev–Trinajstić information content (AvgIpc) is 3.26. The van der Waals surface area contributed by atoms with Crippen molar-refractivity contribution in [3.05, 3.63) is 60.0 Å². The smallest absolute Gasteiger partial charge is 0.319 e. The second-order valence-electron chi connectivity index (χ2n) is 9.68. The molecule has 1 aromatic carbocycles. The van der Waals surface area contributed by atoms with Gasteiger partial charge in [-0.1, -0.05) is 0 Å². The van der Waals surface area contributed by atoms with Gasteiger partial charge in [0.2, 0.25) is 0 Å². The van der Waals surface area contributed by atoms with E-state index in [-0.39, 0.29) is 12.1 Å². The van der Waals surface area contributed by atoms with Crippen LogP contribution in [0.15, 0.2) is 48.8 Å². The summed E-state index contributed by atoms with van der Waals surface area (Å²) in [5.74, 6) is 2.28. The number of hydrogen-bond acceptors (Lipinski definition) is 8. The number of nitrogens with zero attached hydrogens (tertiary/aromatic N) is 4. The highest BCUT2D eigenvalue weighted by Crippen LogP contribution is 2.43.